The van der Waals surface area contributed by atoms with Gasteiger partial charge in [0.15, 0.2) is 0 Å². The minimum atomic E-state index is -0.129. The van der Waals surface area contributed by atoms with Crippen LogP contribution in [0, 0.1) is 0 Å². The predicted octanol–water partition coefficient (Wildman–Crippen LogP) is 3.89. The molecule has 108 valence electrons. The van der Waals surface area contributed by atoms with Gasteiger partial charge in [-0.15, -0.1) is 11.3 Å². The van der Waals surface area contributed by atoms with Crippen LogP contribution in [0.3, 0.4) is 0 Å². The molecule has 1 aliphatic rings. The largest absolute Gasteiger partial charge is 0.321 e. The summed E-state index contributed by atoms with van der Waals surface area (Å²) in [6, 6.07) is 11.0. The molecule has 0 unspecified atom stereocenters. The van der Waals surface area contributed by atoms with E-state index in [1.165, 1.54) is 11.3 Å². The Morgan fingerprint density at radius 1 is 1.19 bits per heavy atom. The van der Waals surface area contributed by atoms with Gasteiger partial charge < -0.3 is 10.2 Å². The number of hydrogen-bond donors (Lipinski definition) is 1. The first-order chi connectivity index (χ1) is 10.1. The second-order valence-electron chi connectivity index (χ2n) is 4.75. The number of benzene rings is 1. The number of anilines is 2. The predicted molar refractivity (Wildman–Crippen MR) is 88.0 cm³/mol. The van der Waals surface area contributed by atoms with Gasteiger partial charge in [0.05, 0.1) is 8.66 Å². The molecule has 0 atom stereocenters. The Bertz CT molecular complexity index is 681. The lowest BCUT2D eigenvalue weighted by Crippen LogP contribution is -2.23. The molecule has 2 aromatic rings. The van der Waals surface area contributed by atoms with Crippen molar-refractivity contribution in [1.29, 1.82) is 0 Å². The zero-order chi connectivity index (χ0) is 14.8. The van der Waals surface area contributed by atoms with E-state index < -0.39 is 0 Å². The van der Waals surface area contributed by atoms with Gasteiger partial charge >= 0.3 is 0 Å². The van der Waals surface area contributed by atoms with Gasteiger partial charge in [-0.25, -0.2) is 0 Å². The first-order valence-electron chi connectivity index (χ1n) is 6.60. The van der Waals surface area contributed by atoms with Crippen molar-refractivity contribution in [2.45, 2.75) is 12.8 Å². The average molecular weight is 365 g/mol. The fraction of sp³-hybridized carbons (Fsp3) is 0.200. The van der Waals surface area contributed by atoms with Crippen molar-refractivity contribution >= 4 is 50.5 Å². The summed E-state index contributed by atoms with van der Waals surface area (Å²) in [5.41, 5.74) is 1.61. The van der Waals surface area contributed by atoms with Gasteiger partial charge in [0.2, 0.25) is 5.91 Å². The van der Waals surface area contributed by atoms with Gasteiger partial charge in [0.1, 0.15) is 0 Å². The van der Waals surface area contributed by atoms with Crippen molar-refractivity contribution in [2.75, 3.05) is 16.8 Å². The Morgan fingerprint density at radius 3 is 2.52 bits per heavy atom. The molecule has 2 heterocycles. The van der Waals surface area contributed by atoms with Crippen LogP contribution in [0.5, 0.6) is 0 Å². The SMILES string of the molecule is O=C(Nc1ccc(N2CCCC2=O)cc1)c1ccc(Br)s1. The summed E-state index contributed by atoms with van der Waals surface area (Å²) in [4.78, 5) is 26.1. The van der Waals surface area contributed by atoms with Gasteiger partial charge in [-0.2, -0.15) is 0 Å². The molecular weight excluding hydrogens is 352 g/mol. The molecule has 1 fully saturated rings. The maximum Gasteiger partial charge on any atom is 0.265 e. The monoisotopic (exact) mass is 364 g/mol. The van der Waals surface area contributed by atoms with Crippen molar-refractivity contribution in [1.82, 2.24) is 0 Å². The van der Waals surface area contributed by atoms with Crippen LogP contribution in [-0.4, -0.2) is 18.4 Å². The molecule has 2 amide bonds. The van der Waals surface area contributed by atoms with Gasteiger partial charge in [-0.05, 0) is 58.7 Å². The Hall–Kier alpha value is -1.66. The Kier molecular flexibility index (Phi) is 4.07. The molecular formula is C15H13BrN2O2S. The minimum Gasteiger partial charge on any atom is -0.321 e. The third kappa shape index (κ3) is 3.16. The topological polar surface area (TPSA) is 49.4 Å². The van der Waals surface area contributed by atoms with Gasteiger partial charge in [0, 0.05) is 24.3 Å². The standard InChI is InChI=1S/C15H13BrN2O2S/c16-13-8-7-12(21-13)15(20)17-10-3-5-11(6-4-10)18-9-1-2-14(18)19/h3-8H,1-2,9H2,(H,17,20). The van der Waals surface area contributed by atoms with Crippen molar-refractivity contribution in [3.8, 4) is 0 Å². The highest BCUT2D eigenvalue weighted by Gasteiger charge is 2.21. The second kappa shape index (κ2) is 5.99. The van der Waals surface area contributed by atoms with E-state index in [1.807, 2.05) is 30.3 Å². The van der Waals surface area contributed by atoms with E-state index in [4.69, 9.17) is 0 Å². The lowest BCUT2D eigenvalue weighted by Gasteiger charge is -2.16. The fourth-order valence-corrected chi connectivity index (χ4v) is 3.56. The molecule has 1 aliphatic heterocycles. The van der Waals surface area contributed by atoms with Gasteiger partial charge in [-0.3, -0.25) is 9.59 Å². The molecule has 0 bridgehead atoms. The summed E-state index contributed by atoms with van der Waals surface area (Å²) in [5, 5.41) is 2.85. The number of halogens is 1. The molecule has 0 radical (unpaired) electrons. The smallest absolute Gasteiger partial charge is 0.265 e. The number of nitrogens with zero attached hydrogens (tertiary/aromatic N) is 1. The van der Waals surface area contributed by atoms with E-state index in [2.05, 4.69) is 21.2 Å². The summed E-state index contributed by atoms with van der Waals surface area (Å²) < 4.78 is 0.926. The average Bonchev–Trinajstić information content (AvgIpc) is 3.08. The number of rotatable bonds is 3. The molecule has 3 rings (SSSR count). The third-order valence-electron chi connectivity index (χ3n) is 3.31. The van der Waals surface area contributed by atoms with E-state index >= 15 is 0 Å². The number of carbonyl (C=O) groups is 2. The zero-order valence-corrected chi connectivity index (χ0v) is 13.5. The molecule has 6 heteroatoms. The van der Waals surface area contributed by atoms with Crippen LogP contribution in [0.4, 0.5) is 11.4 Å². The van der Waals surface area contributed by atoms with Crippen LogP contribution in [0.1, 0.15) is 22.5 Å². The van der Waals surface area contributed by atoms with Crippen molar-refractivity contribution in [3.63, 3.8) is 0 Å². The first kappa shape index (κ1) is 14.3. The Balaban J connectivity index is 1.69. The van der Waals surface area contributed by atoms with Crippen LogP contribution in [0.25, 0.3) is 0 Å². The summed E-state index contributed by atoms with van der Waals surface area (Å²) in [6.07, 6.45) is 1.52. The zero-order valence-electron chi connectivity index (χ0n) is 11.1. The summed E-state index contributed by atoms with van der Waals surface area (Å²) in [6.45, 7) is 0.772. The van der Waals surface area contributed by atoms with Gasteiger partial charge in [0.25, 0.3) is 5.91 Å². The molecule has 0 saturated carbocycles. The molecule has 0 spiro atoms. The van der Waals surface area contributed by atoms with E-state index in [-0.39, 0.29) is 11.8 Å². The molecule has 0 aliphatic carbocycles. The molecule has 1 saturated heterocycles. The molecule has 1 N–H and O–H groups in total. The quantitative estimate of drug-likeness (QED) is 0.897. The minimum absolute atomic E-state index is 0.129. The first-order valence-corrected chi connectivity index (χ1v) is 8.21. The van der Waals surface area contributed by atoms with E-state index in [1.54, 1.807) is 11.0 Å². The third-order valence-corrected chi connectivity index (χ3v) is 4.93. The number of hydrogen-bond acceptors (Lipinski definition) is 3. The van der Waals surface area contributed by atoms with Crippen molar-refractivity contribution < 1.29 is 9.59 Å². The lowest BCUT2D eigenvalue weighted by molar-refractivity contribution is -0.117. The van der Waals surface area contributed by atoms with Crippen molar-refractivity contribution in [3.05, 3.63) is 45.1 Å². The maximum absolute atomic E-state index is 12.0. The second-order valence-corrected chi connectivity index (χ2v) is 7.22. The summed E-state index contributed by atoms with van der Waals surface area (Å²) >= 11 is 4.73. The fourth-order valence-electron chi connectivity index (χ4n) is 2.27. The highest BCUT2D eigenvalue weighted by Crippen LogP contribution is 2.25. The summed E-state index contributed by atoms with van der Waals surface area (Å²) in [7, 11) is 0. The number of nitrogens with one attached hydrogen (secondary N) is 1. The Labute approximate surface area is 134 Å². The van der Waals surface area contributed by atoms with Gasteiger partial charge in [-0.1, -0.05) is 0 Å². The van der Waals surface area contributed by atoms with Crippen molar-refractivity contribution in [2.24, 2.45) is 0 Å². The highest BCUT2D eigenvalue weighted by atomic mass is 79.9. The number of carbonyl (C=O) groups excluding carboxylic acids is 2. The van der Waals surface area contributed by atoms with E-state index in [9.17, 15) is 9.59 Å². The van der Waals surface area contributed by atoms with Crippen LogP contribution in [0.15, 0.2) is 40.2 Å². The number of thiophene rings is 1. The lowest BCUT2D eigenvalue weighted by atomic mass is 10.2. The Morgan fingerprint density at radius 2 is 1.95 bits per heavy atom. The van der Waals surface area contributed by atoms with Crippen LogP contribution in [0.2, 0.25) is 0 Å². The van der Waals surface area contributed by atoms with Crippen LogP contribution >= 0.6 is 27.3 Å². The maximum atomic E-state index is 12.0. The van der Waals surface area contributed by atoms with Crippen LogP contribution in [-0.2, 0) is 4.79 Å². The highest BCUT2D eigenvalue weighted by molar-refractivity contribution is 9.11. The normalized spacial score (nSPS) is 14.5. The molecule has 21 heavy (non-hydrogen) atoms. The molecule has 1 aromatic heterocycles. The molecule has 1 aromatic carbocycles. The summed E-state index contributed by atoms with van der Waals surface area (Å²) in [5.74, 6) is 0.0333. The van der Waals surface area contributed by atoms with Crippen LogP contribution < -0.4 is 10.2 Å². The van der Waals surface area contributed by atoms with E-state index in [0.717, 1.165) is 28.1 Å². The molecule has 4 nitrogen and oxygen atoms in total. The van der Waals surface area contributed by atoms with E-state index in [0.29, 0.717) is 11.3 Å². The number of amides is 2.